The molecule has 1 heterocycles. The Bertz CT molecular complexity index is 374. The Morgan fingerprint density at radius 3 is 2.67 bits per heavy atom. The van der Waals surface area contributed by atoms with Gasteiger partial charge in [-0.25, -0.2) is 4.79 Å². The van der Waals surface area contributed by atoms with Crippen molar-refractivity contribution in [3.63, 3.8) is 0 Å². The van der Waals surface area contributed by atoms with Gasteiger partial charge in [0.1, 0.15) is 0 Å². The van der Waals surface area contributed by atoms with Gasteiger partial charge in [-0.2, -0.15) is 5.10 Å². The number of aromatic nitrogens is 2. The van der Waals surface area contributed by atoms with Gasteiger partial charge >= 0.3 is 5.97 Å². The number of carbonyl (C=O) groups is 1. The van der Waals surface area contributed by atoms with Crippen LogP contribution in [-0.2, 0) is 11.8 Å². The van der Waals surface area contributed by atoms with E-state index < -0.39 is 0 Å². The zero-order valence-corrected chi connectivity index (χ0v) is 11.9. The molecule has 15 heavy (non-hydrogen) atoms. The fourth-order valence-electron chi connectivity index (χ4n) is 1.19. The van der Waals surface area contributed by atoms with Crippen molar-refractivity contribution in [2.45, 2.75) is 18.7 Å². The summed E-state index contributed by atoms with van der Waals surface area (Å²) < 4.78 is 7.15. The van der Waals surface area contributed by atoms with Crippen molar-refractivity contribution in [1.29, 1.82) is 0 Å². The van der Waals surface area contributed by atoms with E-state index in [1.165, 1.54) is 4.68 Å². The lowest BCUT2D eigenvalue weighted by atomic mass is 10.3. The maximum atomic E-state index is 11.6. The molecule has 0 spiro atoms. The van der Waals surface area contributed by atoms with E-state index in [9.17, 15) is 4.79 Å². The number of ether oxygens (including phenoxy) is 1. The molecule has 0 bridgehead atoms. The molecule has 1 unspecified atom stereocenters. The SMILES string of the molecule is CCOC(=O)c1c(Br)c(C(C)Br)nn1C. The first-order chi connectivity index (χ1) is 6.99. The minimum atomic E-state index is -0.362. The van der Waals surface area contributed by atoms with Gasteiger partial charge in [0.05, 0.1) is 21.6 Å². The van der Waals surface area contributed by atoms with Gasteiger partial charge in [0.15, 0.2) is 5.69 Å². The van der Waals surface area contributed by atoms with Crippen molar-refractivity contribution >= 4 is 37.8 Å². The molecule has 0 amide bonds. The Labute approximate surface area is 105 Å². The standard InChI is InChI=1S/C9H12Br2N2O2/c1-4-15-9(14)8-6(11)7(5(2)10)12-13(8)3/h5H,4H2,1-3H3. The molecule has 1 aromatic rings. The van der Waals surface area contributed by atoms with Crippen LogP contribution in [0.2, 0.25) is 0 Å². The number of carbonyl (C=O) groups excluding carboxylic acids is 1. The molecular weight excluding hydrogens is 328 g/mol. The lowest BCUT2D eigenvalue weighted by molar-refractivity contribution is 0.0512. The zero-order valence-electron chi connectivity index (χ0n) is 8.75. The third kappa shape index (κ3) is 2.60. The number of hydrogen-bond donors (Lipinski definition) is 0. The molecule has 0 aromatic carbocycles. The van der Waals surface area contributed by atoms with Crippen molar-refractivity contribution in [2.75, 3.05) is 6.61 Å². The van der Waals surface area contributed by atoms with Gasteiger partial charge in [-0.3, -0.25) is 4.68 Å². The molecule has 0 aliphatic rings. The minimum absolute atomic E-state index is 0.0845. The zero-order chi connectivity index (χ0) is 11.6. The summed E-state index contributed by atoms with van der Waals surface area (Å²) in [5.41, 5.74) is 1.23. The first kappa shape index (κ1) is 12.7. The summed E-state index contributed by atoms with van der Waals surface area (Å²) in [6.45, 7) is 4.08. The Kier molecular flexibility index (Phi) is 4.33. The van der Waals surface area contributed by atoms with E-state index in [0.29, 0.717) is 16.8 Å². The molecule has 4 nitrogen and oxygen atoms in total. The second kappa shape index (κ2) is 5.12. The first-order valence-corrected chi connectivity index (χ1v) is 6.23. The quantitative estimate of drug-likeness (QED) is 0.628. The number of rotatable bonds is 3. The number of alkyl halides is 1. The van der Waals surface area contributed by atoms with Crippen LogP contribution in [-0.4, -0.2) is 22.4 Å². The number of halogens is 2. The highest BCUT2D eigenvalue weighted by Gasteiger charge is 2.23. The molecule has 0 aliphatic carbocycles. The van der Waals surface area contributed by atoms with Crippen LogP contribution in [0.15, 0.2) is 4.47 Å². The third-order valence-corrected chi connectivity index (χ3v) is 3.08. The molecule has 1 aromatic heterocycles. The second-order valence-corrected chi connectivity index (χ2v) is 5.17. The molecular formula is C9H12Br2N2O2. The highest BCUT2D eigenvalue weighted by Crippen LogP contribution is 2.30. The van der Waals surface area contributed by atoms with E-state index >= 15 is 0 Å². The number of esters is 1. The van der Waals surface area contributed by atoms with Gasteiger partial charge in [-0.1, -0.05) is 15.9 Å². The summed E-state index contributed by atoms with van der Waals surface area (Å²) in [4.78, 5) is 11.7. The number of hydrogen-bond acceptors (Lipinski definition) is 3. The highest BCUT2D eigenvalue weighted by molar-refractivity contribution is 9.11. The lowest BCUT2D eigenvalue weighted by Gasteiger charge is -2.02. The fraction of sp³-hybridized carbons (Fsp3) is 0.556. The molecule has 0 saturated heterocycles. The monoisotopic (exact) mass is 338 g/mol. The van der Waals surface area contributed by atoms with E-state index in [4.69, 9.17) is 4.74 Å². The normalized spacial score (nSPS) is 12.6. The van der Waals surface area contributed by atoms with Gasteiger partial charge < -0.3 is 4.74 Å². The van der Waals surface area contributed by atoms with E-state index in [0.717, 1.165) is 5.69 Å². The maximum Gasteiger partial charge on any atom is 0.357 e. The van der Waals surface area contributed by atoms with Crippen molar-refractivity contribution in [2.24, 2.45) is 7.05 Å². The van der Waals surface area contributed by atoms with Crippen molar-refractivity contribution in [3.8, 4) is 0 Å². The van der Waals surface area contributed by atoms with Gasteiger partial charge in [-0.15, -0.1) is 0 Å². The molecule has 0 N–H and O–H groups in total. The maximum absolute atomic E-state index is 11.6. The van der Waals surface area contributed by atoms with Crippen LogP contribution in [0, 0.1) is 0 Å². The highest BCUT2D eigenvalue weighted by atomic mass is 79.9. The Morgan fingerprint density at radius 2 is 2.27 bits per heavy atom. The summed E-state index contributed by atoms with van der Waals surface area (Å²) in [5, 5.41) is 4.24. The van der Waals surface area contributed by atoms with Crippen molar-refractivity contribution in [3.05, 3.63) is 15.9 Å². The predicted molar refractivity (Wildman–Crippen MR) is 64.2 cm³/mol. The van der Waals surface area contributed by atoms with Gasteiger partial charge in [0.25, 0.3) is 0 Å². The van der Waals surface area contributed by atoms with Gasteiger partial charge in [0.2, 0.25) is 0 Å². The third-order valence-electron chi connectivity index (χ3n) is 1.86. The summed E-state index contributed by atoms with van der Waals surface area (Å²) in [5.74, 6) is -0.362. The average Bonchev–Trinajstić information content (AvgIpc) is 2.42. The predicted octanol–water partition coefficient (Wildman–Crippen LogP) is 2.82. The van der Waals surface area contributed by atoms with Crippen LogP contribution < -0.4 is 0 Å². The van der Waals surface area contributed by atoms with E-state index in [2.05, 4.69) is 37.0 Å². The molecule has 1 atom stereocenters. The summed E-state index contributed by atoms with van der Waals surface area (Å²) in [7, 11) is 1.72. The molecule has 0 saturated carbocycles. The van der Waals surface area contributed by atoms with Crippen LogP contribution in [0.1, 0.15) is 34.9 Å². The summed E-state index contributed by atoms with van der Waals surface area (Å²) in [6, 6.07) is 0. The van der Waals surface area contributed by atoms with Gasteiger partial charge in [0, 0.05) is 7.05 Å². The van der Waals surface area contributed by atoms with Crippen LogP contribution >= 0.6 is 31.9 Å². The van der Waals surface area contributed by atoms with E-state index in [-0.39, 0.29) is 10.8 Å². The smallest absolute Gasteiger partial charge is 0.357 e. The molecule has 6 heteroatoms. The molecule has 1 rings (SSSR count). The van der Waals surface area contributed by atoms with Crippen LogP contribution in [0.3, 0.4) is 0 Å². The average molecular weight is 340 g/mol. The minimum Gasteiger partial charge on any atom is -0.461 e. The molecule has 0 aliphatic heterocycles. The van der Waals surface area contributed by atoms with Crippen molar-refractivity contribution < 1.29 is 9.53 Å². The number of aryl methyl sites for hydroxylation is 1. The number of nitrogens with zero attached hydrogens (tertiary/aromatic N) is 2. The molecule has 84 valence electrons. The summed E-state index contributed by atoms with van der Waals surface area (Å²) >= 11 is 6.77. The van der Waals surface area contributed by atoms with Crippen LogP contribution in [0.5, 0.6) is 0 Å². The topological polar surface area (TPSA) is 44.1 Å². The van der Waals surface area contributed by atoms with Gasteiger partial charge in [-0.05, 0) is 29.8 Å². The first-order valence-electron chi connectivity index (χ1n) is 4.52. The van der Waals surface area contributed by atoms with E-state index in [1.807, 2.05) is 6.92 Å². The Hall–Kier alpha value is -0.360. The van der Waals surface area contributed by atoms with E-state index in [1.54, 1.807) is 14.0 Å². The second-order valence-electron chi connectivity index (χ2n) is 3.01. The van der Waals surface area contributed by atoms with Crippen LogP contribution in [0.25, 0.3) is 0 Å². The summed E-state index contributed by atoms with van der Waals surface area (Å²) in [6.07, 6.45) is 0. The van der Waals surface area contributed by atoms with Crippen LogP contribution in [0.4, 0.5) is 0 Å². The molecule has 0 radical (unpaired) electrons. The van der Waals surface area contributed by atoms with Crippen molar-refractivity contribution in [1.82, 2.24) is 9.78 Å². The molecule has 0 fully saturated rings. The Morgan fingerprint density at radius 1 is 1.67 bits per heavy atom. The largest absolute Gasteiger partial charge is 0.461 e. The fourth-order valence-corrected chi connectivity index (χ4v) is 2.66. The Balaban J connectivity index is 3.13. The lowest BCUT2D eigenvalue weighted by Crippen LogP contribution is -2.10.